The van der Waals surface area contributed by atoms with Gasteiger partial charge in [0.05, 0.1) is 20.3 Å². The van der Waals surface area contributed by atoms with Gasteiger partial charge in [-0.15, -0.1) is 0 Å². The van der Waals surface area contributed by atoms with Gasteiger partial charge in [0.1, 0.15) is 0 Å². The van der Waals surface area contributed by atoms with Crippen LogP contribution in [0.5, 0.6) is 11.5 Å². The van der Waals surface area contributed by atoms with Gasteiger partial charge >= 0.3 is 0 Å². The molecule has 0 unspecified atom stereocenters. The molecule has 23 heavy (non-hydrogen) atoms. The van der Waals surface area contributed by atoms with Crippen molar-refractivity contribution in [3.05, 3.63) is 58.1 Å². The van der Waals surface area contributed by atoms with Crippen LogP contribution in [-0.2, 0) is 6.42 Å². The zero-order valence-corrected chi connectivity index (χ0v) is 14.7. The van der Waals surface area contributed by atoms with Crippen LogP contribution in [0, 0.1) is 0 Å². The van der Waals surface area contributed by atoms with Crippen LogP contribution in [-0.4, -0.2) is 32.2 Å². The lowest BCUT2D eigenvalue weighted by molar-refractivity contribution is 0.192. The first-order valence-corrected chi connectivity index (χ1v) is 8.15. The Morgan fingerprint density at radius 2 is 1.78 bits per heavy atom. The molecule has 0 aliphatic carbocycles. The molecule has 0 fully saturated rings. The molecule has 0 N–H and O–H groups in total. The fourth-order valence-corrected chi connectivity index (χ4v) is 3.59. The number of methoxy groups -OCH3 is 2. The third-order valence-electron chi connectivity index (χ3n) is 4.72. The van der Waals surface area contributed by atoms with E-state index in [2.05, 4.69) is 37.1 Å². The van der Waals surface area contributed by atoms with E-state index in [0.29, 0.717) is 6.04 Å². The Balaban J connectivity index is 2.17. The Labute approximate surface area is 142 Å². The second kappa shape index (κ2) is 6.42. The quantitative estimate of drug-likeness (QED) is 0.836. The molecular weight excluding hydrogens is 310 g/mol. The van der Waals surface area contributed by atoms with Crippen molar-refractivity contribution in [2.75, 3.05) is 21.3 Å². The summed E-state index contributed by atoms with van der Waals surface area (Å²) in [6.07, 6.45) is 0.989. The molecule has 3 rings (SSSR count). The molecule has 1 aliphatic heterocycles. The molecule has 3 nitrogen and oxygen atoms in total. The first kappa shape index (κ1) is 16.2. The maximum atomic E-state index is 6.22. The number of ether oxygens (including phenoxy) is 2. The summed E-state index contributed by atoms with van der Waals surface area (Å²) in [6, 6.07) is 12.9. The monoisotopic (exact) mass is 331 g/mol. The Kier molecular flexibility index (Phi) is 4.51. The highest BCUT2D eigenvalue weighted by atomic mass is 35.5. The van der Waals surface area contributed by atoms with Gasteiger partial charge in [-0.1, -0.05) is 23.7 Å². The van der Waals surface area contributed by atoms with Crippen LogP contribution < -0.4 is 9.47 Å². The largest absolute Gasteiger partial charge is 0.493 e. The predicted molar refractivity (Wildman–Crippen MR) is 93.8 cm³/mol. The second-order valence-corrected chi connectivity index (χ2v) is 6.52. The van der Waals surface area contributed by atoms with Crippen molar-refractivity contribution in [3.63, 3.8) is 0 Å². The zero-order chi connectivity index (χ0) is 16.6. The number of hydrogen-bond acceptors (Lipinski definition) is 3. The van der Waals surface area contributed by atoms with Crippen LogP contribution in [0.3, 0.4) is 0 Å². The van der Waals surface area contributed by atoms with E-state index in [1.54, 1.807) is 14.2 Å². The lowest BCUT2D eigenvalue weighted by atomic mass is 9.85. The normalized spacial score (nSPS) is 20.9. The third-order valence-corrected chi connectivity index (χ3v) is 4.96. The van der Waals surface area contributed by atoms with Crippen LogP contribution in [0.4, 0.5) is 0 Å². The molecule has 0 spiro atoms. The molecular formula is C19H22ClNO2. The summed E-state index contributed by atoms with van der Waals surface area (Å²) in [5, 5.41) is 0.760. The van der Waals surface area contributed by atoms with Gasteiger partial charge in [-0.05, 0) is 61.3 Å². The van der Waals surface area contributed by atoms with Crippen molar-refractivity contribution < 1.29 is 9.47 Å². The molecule has 0 bridgehead atoms. The Bertz CT molecular complexity index is 717. The average Bonchev–Trinajstić information content (AvgIpc) is 2.55. The molecule has 0 radical (unpaired) electrons. The van der Waals surface area contributed by atoms with E-state index in [1.807, 2.05) is 18.2 Å². The minimum Gasteiger partial charge on any atom is -0.493 e. The fraction of sp³-hybridized carbons (Fsp3) is 0.368. The summed E-state index contributed by atoms with van der Waals surface area (Å²) >= 11 is 6.22. The fourth-order valence-electron chi connectivity index (χ4n) is 3.40. The smallest absolute Gasteiger partial charge is 0.161 e. The molecule has 1 aliphatic rings. The number of fused-ring (bicyclic) bond motifs is 1. The topological polar surface area (TPSA) is 21.7 Å². The van der Waals surface area contributed by atoms with Gasteiger partial charge in [0, 0.05) is 11.1 Å². The van der Waals surface area contributed by atoms with E-state index >= 15 is 0 Å². The van der Waals surface area contributed by atoms with E-state index in [-0.39, 0.29) is 6.04 Å². The molecule has 2 atom stereocenters. The Morgan fingerprint density at radius 3 is 2.43 bits per heavy atom. The van der Waals surface area contributed by atoms with Crippen molar-refractivity contribution in [1.29, 1.82) is 0 Å². The first-order chi connectivity index (χ1) is 11.0. The Hall–Kier alpha value is -1.71. The highest BCUT2D eigenvalue weighted by Gasteiger charge is 2.32. The van der Waals surface area contributed by atoms with Gasteiger partial charge in [-0.25, -0.2) is 0 Å². The minimum atomic E-state index is 0.159. The predicted octanol–water partition coefficient (Wildman–Crippen LogP) is 4.32. The van der Waals surface area contributed by atoms with Crippen molar-refractivity contribution in [1.82, 2.24) is 4.90 Å². The summed E-state index contributed by atoms with van der Waals surface area (Å²) in [4.78, 5) is 2.39. The highest BCUT2D eigenvalue weighted by molar-refractivity contribution is 6.30. The first-order valence-electron chi connectivity index (χ1n) is 7.77. The maximum absolute atomic E-state index is 6.22. The molecule has 2 aromatic carbocycles. The summed E-state index contributed by atoms with van der Waals surface area (Å²) < 4.78 is 11.0. The Morgan fingerprint density at radius 1 is 1.09 bits per heavy atom. The van der Waals surface area contributed by atoms with E-state index in [0.717, 1.165) is 22.9 Å². The number of nitrogens with zero attached hydrogens (tertiary/aromatic N) is 1. The maximum Gasteiger partial charge on any atom is 0.161 e. The van der Waals surface area contributed by atoms with Gasteiger partial charge in [-0.3, -0.25) is 4.90 Å². The van der Waals surface area contributed by atoms with Crippen LogP contribution in [0.1, 0.15) is 29.7 Å². The van der Waals surface area contributed by atoms with E-state index in [1.165, 1.54) is 16.7 Å². The third kappa shape index (κ3) is 2.91. The molecule has 1 heterocycles. The molecule has 122 valence electrons. The summed E-state index contributed by atoms with van der Waals surface area (Å²) in [5.74, 6) is 1.55. The molecule has 4 heteroatoms. The number of likely N-dealkylation sites (N-methyl/N-ethyl adjacent to an activating group) is 1. The van der Waals surface area contributed by atoms with Crippen LogP contribution in [0.2, 0.25) is 5.02 Å². The van der Waals surface area contributed by atoms with Gasteiger partial charge < -0.3 is 9.47 Å². The average molecular weight is 332 g/mol. The van der Waals surface area contributed by atoms with Gasteiger partial charge in [0.2, 0.25) is 0 Å². The van der Waals surface area contributed by atoms with Crippen molar-refractivity contribution in [2.24, 2.45) is 0 Å². The van der Waals surface area contributed by atoms with Crippen molar-refractivity contribution in [2.45, 2.75) is 25.4 Å². The van der Waals surface area contributed by atoms with E-state index in [4.69, 9.17) is 21.1 Å². The number of halogens is 1. The molecule has 0 aromatic heterocycles. The van der Waals surface area contributed by atoms with Crippen LogP contribution in [0.15, 0.2) is 36.4 Å². The SMILES string of the molecule is COc1cc2c(cc1OC)[C@H](c1cccc(Cl)c1)N(C)[C@H](C)C2. The standard InChI is InChI=1S/C19H22ClNO2/c1-12-8-14-10-17(22-3)18(23-4)11-16(14)19(21(12)2)13-6-5-7-15(20)9-13/h5-7,9-12,19H,8H2,1-4H3/t12-,19+/m1/s1. The molecule has 0 saturated heterocycles. The van der Waals surface area contributed by atoms with E-state index in [9.17, 15) is 0 Å². The molecule has 0 saturated carbocycles. The minimum absolute atomic E-state index is 0.159. The van der Waals surface area contributed by atoms with Crippen LogP contribution in [0.25, 0.3) is 0 Å². The zero-order valence-electron chi connectivity index (χ0n) is 14.0. The van der Waals surface area contributed by atoms with Crippen LogP contribution >= 0.6 is 11.6 Å². The highest BCUT2D eigenvalue weighted by Crippen LogP contribution is 2.42. The van der Waals surface area contributed by atoms with Crippen molar-refractivity contribution in [3.8, 4) is 11.5 Å². The summed E-state index contributed by atoms with van der Waals surface area (Å²) in [6.45, 7) is 2.25. The van der Waals surface area contributed by atoms with Gasteiger partial charge in [-0.2, -0.15) is 0 Å². The van der Waals surface area contributed by atoms with E-state index < -0.39 is 0 Å². The number of benzene rings is 2. The van der Waals surface area contributed by atoms with Gasteiger partial charge in [0.15, 0.2) is 11.5 Å². The number of hydrogen-bond donors (Lipinski definition) is 0. The lowest BCUT2D eigenvalue weighted by Gasteiger charge is -2.40. The van der Waals surface area contributed by atoms with Gasteiger partial charge in [0.25, 0.3) is 0 Å². The van der Waals surface area contributed by atoms with Crippen molar-refractivity contribution >= 4 is 11.6 Å². The lowest BCUT2D eigenvalue weighted by Crippen LogP contribution is -2.39. The molecule has 2 aromatic rings. The number of rotatable bonds is 3. The summed E-state index contributed by atoms with van der Waals surface area (Å²) in [7, 11) is 5.51. The summed E-state index contributed by atoms with van der Waals surface area (Å²) in [5.41, 5.74) is 3.75. The molecule has 0 amide bonds. The second-order valence-electron chi connectivity index (χ2n) is 6.08.